The lowest BCUT2D eigenvalue weighted by Gasteiger charge is -2.06. The van der Waals surface area contributed by atoms with Crippen LogP contribution < -0.4 is 10.5 Å². The number of nitrogens with two attached hydrogens (primary N) is 1. The van der Waals surface area contributed by atoms with Gasteiger partial charge in [0.25, 0.3) is 0 Å². The van der Waals surface area contributed by atoms with Crippen LogP contribution in [0.15, 0.2) is 11.4 Å². The molecule has 2 aromatic rings. The monoisotopic (exact) mass is 225 g/mol. The van der Waals surface area contributed by atoms with Crippen molar-refractivity contribution in [2.75, 3.05) is 18.6 Å². The second-order valence-electron chi connectivity index (χ2n) is 2.76. The number of fused-ring (bicyclic) bond motifs is 1. The van der Waals surface area contributed by atoms with Crippen molar-refractivity contribution in [1.29, 1.82) is 0 Å². The van der Waals surface area contributed by atoms with Crippen molar-refractivity contribution in [3.63, 3.8) is 0 Å². The number of rotatable bonds is 3. The predicted molar refractivity (Wildman–Crippen MR) is 58.1 cm³/mol. The molecule has 0 aromatic carbocycles. The van der Waals surface area contributed by atoms with Gasteiger partial charge in [0.05, 0.1) is 12.8 Å². The standard InChI is InChI=1S/C8H11N5OS/c1-3-14-5-4-10-8(15-2)13-6(5)11-12-7(13)9/h4H,3H2,1-2H3,(H2,9,12). The highest BCUT2D eigenvalue weighted by atomic mass is 32.2. The number of aromatic nitrogens is 4. The van der Waals surface area contributed by atoms with Crippen LogP contribution in [0.3, 0.4) is 0 Å². The van der Waals surface area contributed by atoms with Crippen molar-refractivity contribution in [2.45, 2.75) is 12.1 Å². The van der Waals surface area contributed by atoms with Gasteiger partial charge in [0.2, 0.25) is 11.6 Å². The lowest BCUT2D eigenvalue weighted by Crippen LogP contribution is -2.02. The van der Waals surface area contributed by atoms with Crippen molar-refractivity contribution >= 4 is 23.4 Å². The van der Waals surface area contributed by atoms with Gasteiger partial charge in [0.1, 0.15) is 0 Å². The maximum atomic E-state index is 5.70. The third-order valence-electron chi connectivity index (χ3n) is 1.87. The normalized spacial score (nSPS) is 10.8. The second-order valence-corrected chi connectivity index (χ2v) is 3.53. The average molecular weight is 225 g/mol. The van der Waals surface area contributed by atoms with E-state index in [0.717, 1.165) is 5.16 Å². The van der Waals surface area contributed by atoms with E-state index < -0.39 is 0 Å². The van der Waals surface area contributed by atoms with Crippen LogP contribution in [-0.4, -0.2) is 32.4 Å². The highest BCUT2D eigenvalue weighted by molar-refractivity contribution is 7.98. The van der Waals surface area contributed by atoms with Gasteiger partial charge in [-0.25, -0.2) is 9.38 Å². The number of anilines is 1. The molecule has 0 aliphatic rings. The molecule has 0 unspecified atom stereocenters. The van der Waals surface area contributed by atoms with E-state index in [1.807, 2.05) is 13.2 Å². The number of nitrogen functional groups attached to an aromatic ring is 1. The molecular weight excluding hydrogens is 214 g/mol. The van der Waals surface area contributed by atoms with Crippen molar-refractivity contribution < 1.29 is 4.74 Å². The van der Waals surface area contributed by atoms with E-state index in [0.29, 0.717) is 24.0 Å². The third-order valence-corrected chi connectivity index (χ3v) is 2.53. The number of ether oxygens (including phenoxy) is 1. The molecule has 7 heteroatoms. The smallest absolute Gasteiger partial charge is 0.228 e. The molecular formula is C8H11N5OS. The molecule has 0 aliphatic carbocycles. The molecule has 0 saturated carbocycles. The summed E-state index contributed by atoms with van der Waals surface area (Å²) < 4.78 is 7.06. The molecule has 6 nitrogen and oxygen atoms in total. The summed E-state index contributed by atoms with van der Waals surface area (Å²) in [5, 5.41) is 8.51. The van der Waals surface area contributed by atoms with E-state index in [1.165, 1.54) is 11.8 Å². The van der Waals surface area contributed by atoms with Gasteiger partial charge in [-0.2, -0.15) is 0 Å². The summed E-state index contributed by atoms with van der Waals surface area (Å²) >= 11 is 1.48. The first-order valence-electron chi connectivity index (χ1n) is 4.44. The topological polar surface area (TPSA) is 78.3 Å². The first-order valence-corrected chi connectivity index (χ1v) is 5.66. The Morgan fingerprint density at radius 3 is 3.00 bits per heavy atom. The molecule has 0 bridgehead atoms. The zero-order valence-electron chi connectivity index (χ0n) is 8.47. The van der Waals surface area contributed by atoms with E-state index in [1.54, 1.807) is 10.6 Å². The molecule has 2 rings (SSSR count). The van der Waals surface area contributed by atoms with Crippen LogP contribution in [0.25, 0.3) is 5.65 Å². The summed E-state index contributed by atoms with van der Waals surface area (Å²) in [5.41, 5.74) is 6.30. The SMILES string of the molecule is CCOc1cnc(SC)n2c(N)nnc12. The van der Waals surface area contributed by atoms with Crippen LogP contribution in [0, 0.1) is 0 Å². The Balaban J connectivity index is 2.68. The summed E-state index contributed by atoms with van der Waals surface area (Å²) in [7, 11) is 0. The molecule has 0 amide bonds. The fourth-order valence-electron chi connectivity index (χ4n) is 1.28. The molecule has 2 N–H and O–H groups in total. The Kier molecular flexibility index (Phi) is 2.63. The Morgan fingerprint density at radius 1 is 1.53 bits per heavy atom. The lowest BCUT2D eigenvalue weighted by atomic mass is 10.5. The molecule has 0 aliphatic heterocycles. The minimum Gasteiger partial charge on any atom is -0.488 e. The fraction of sp³-hybridized carbons (Fsp3) is 0.375. The maximum absolute atomic E-state index is 5.70. The van der Waals surface area contributed by atoms with Crippen molar-refractivity contribution in [1.82, 2.24) is 19.6 Å². The molecule has 0 atom stereocenters. The summed E-state index contributed by atoms with van der Waals surface area (Å²) in [5.74, 6) is 0.919. The van der Waals surface area contributed by atoms with Gasteiger partial charge in [-0.1, -0.05) is 11.8 Å². The largest absolute Gasteiger partial charge is 0.488 e. The predicted octanol–water partition coefficient (Wildman–Crippen LogP) is 0.827. The summed E-state index contributed by atoms with van der Waals surface area (Å²) in [6.07, 6.45) is 3.56. The van der Waals surface area contributed by atoms with Crippen molar-refractivity contribution in [3.05, 3.63) is 6.20 Å². The van der Waals surface area contributed by atoms with Crippen LogP contribution in [-0.2, 0) is 0 Å². The van der Waals surface area contributed by atoms with Gasteiger partial charge in [0, 0.05) is 0 Å². The lowest BCUT2D eigenvalue weighted by molar-refractivity contribution is 0.339. The van der Waals surface area contributed by atoms with Gasteiger partial charge in [0.15, 0.2) is 10.9 Å². The number of hydrogen-bond donors (Lipinski definition) is 1. The Labute approximate surface area is 90.8 Å². The van der Waals surface area contributed by atoms with Crippen molar-refractivity contribution in [2.24, 2.45) is 0 Å². The minimum atomic E-state index is 0.323. The molecule has 15 heavy (non-hydrogen) atoms. The first-order chi connectivity index (χ1) is 7.27. The summed E-state index contributed by atoms with van der Waals surface area (Å²) in [6.45, 7) is 2.46. The van der Waals surface area contributed by atoms with Crippen LogP contribution in [0.2, 0.25) is 0 Å². The fourth-order valence-corrected chi connectivity index (χ4v) is 1.80. The highest BCUT2D eigenvalue weighted by Gasteiger charge is 2.12. The minimum absolute atomic E-state index is 0.323. The van der Waals surface area contributed by atoms with Crippen molar-refractivity contribution in [3.8, 4) is 5.75 Å². The van der Waals surface area contributed by atoms with Gasteiger partial charge in [-0.05, 0) is 13.2 Å². The molecule has 0 saturated heterocycles. The molecule has 80 valence electrons. The zero-order chi connectivity index (χ0) is 10.8. The summed E-state index contributed by atoms with van der Waals surface area (Å²) in [4.78, 5) is 4.22. The van der Waals surface area contributed by atoms with E-state index in [9.17, 15) is 0 Å². The Bertz CT molecular complexity index is 483. The molecule has 2 heterocycles. The van der Waals surface area contributed by atoms with Gasteiger partial charge in [-0.15, -0.1) is 10.2 Å². The third kappa shape index (κ3) is 1.58. The van der Waals surface area contributed by atoms with Gasteiger partial charge >= 0.3 is 0 Å². The molecule has 0 fully saturated rings. The van der Waals surface area contributed by atoms with Crippen LogP contribution in [0.4, 0.5) is 5.95 Å². The maximum Gasteiger partial charge on any atom is 0.228 e. The van der Waals surface area contributed by atoms with Gasteiger partial charge < -0.3 is 10.5 Å². The molecule has 2 aromatic heterocycles. The van der Waals surface area contributed by atoms with Crippen LogP contribution in [0.5, 0.6) is 5.75 Å². The van der Waals surface area contributed by atoms with Gasteiger partial charge in [-0.3, -0.25) is 0 Å². The highest BCUT2D eigenvalue weighted by Crippen LogP contribution is 2.23. The quantitative estimate of drug-likeness (QED) is 0.615. The average Bonchev–Trinajstić information content (AvgIpc) is 2.63. The zero-order valence-corrected chi connectivity index (χ0v) is 9.28. The summed E-state index contributed by atoms with van der Waals surface area (Å²) in [6, 6.07) is 0. The Hall–Kier alpha value is -1.50. The van der Waals surface area contributed by atoms with Crippen LogP contribution >= 0.6 is 11.8 Å². The van der Waals surface area contributed by atoms with E-state index in [-0.39, 0.29) is 0 Å². The number of nitrogens with zero attached hydrogens (tertiary/aromatic N) is 4. The second kappa shape index (κ2) is 3.93. The number of thioether (sulfide) groups is 1. The number of hydrogen-bond acceptors (Lipinski definition) is 6. The van der Waals surface area contributed by atoms with E-state index in [4.69, 9.17) is 10.5 Å². The molecule has 0 radical (unpaired) electrons. The van der Waals surface area contributed by atoms with E-state index in [2.05, 4.69) is 15.2 Å². The van der Waals surface area contributed by atoms with E-state index >= 15 is 0 Å². The molecule has 0 spiro atoms. The van der Waals surface area contributed by atoms with Crippen LogP contribution in [0.1, 0.15) is 6.92 Å². The Morgan fingerprint density at radius 2 is 2.33 bits per heavy atom. The first kappa shape index (κ1) is 10.0.